The third-order valence-electron chi connectivity index (χ3n) is 5.11. The number of hydrogen-bond acceptors (Lipinski definition) is 3. The second kappa shape index (κ2) is 9.13. The topological polar surface area (TPSA) is 75.3 Å². The van der Waals surface area contributed by atoms with Gasteiger partial charge in [-0.3, -0.25) is 9.52 Å². The lowest BCUT2D eigenvalue weighted by Gasteiger charge is -2.17. The van der Waals surface area contributed by atoms with Crippen molar-refractivity contribution in [3.8, 4) is 0 Å². The number of benzene rings is 3. The first kappa shape index (κ1) is 21.6. The van der Waals surface area contributed by atoms with Crippen molar-refractivity contribution >= 4 is 27.3 Å². The molecule has 0 aliphatic heterocycles. The molecule has 0 saturated heterocycles. The molecule has 0 saturated carbocycles. The Bertz CT molecular complexity index is 1130. The minimum atomic E-state index is -3.74. The van der Waals surface area contributed by atoms with Crippen LogP contribution in [0.2, 0.25) is 0 Å². The van der Waals surface area contributed by atoms with Gasteiger partial charge in [-0.05, 0) is 60.7 Å². The molecule has 3 aromatic rings. The quantitative estimate of drug-likeness (QED) is 0.551. The molecule has 0 aliphatic rings. The molecule has 6 heteroatoms. The van der Waals surface area contributed by atoms with E-state index in [0.29, 0.717) is 16.8 Å². The van der Waals surface area contributed by atoms with Gasteiger partial charge in [0.1, 0.15) is 0 Å². The van der Waals surface area contributed by atoms with Gasteiger partial charge < -0.3 is 5.32 Å². The molecule has 0 radical (unpaired) electrons. The SMILES string of the molecule is CCc1cccc(CC)c1NC(=O)c1cccc(NS(=O)(=O)c2ccccc2)c1C. The first-order valence-electron chi connectivity index (χ1n) is 9.97. The van der Waals surface area contributed by atoms with Crippen LogP contribution < -0.4 is 10.0 Å². The van der Waals surface area contributed by atoms with E-state index in [1.807, 2.05) is 18.2 Å². The number of nitrogens with one attached hydrogen (secondary N) is 2. The van der Waals surface area contributed by atoms with Gasteiger partial charge in [0, 0.05) is 11.3 Å². The number of sulfonamides is 1. The standard InChI is InChI=1S/C24H26N2O3S/c1-4-18-11-9-12-19(5-2)23(18)25-24(27)21-15-10-16-22(17(21)3)26-30(28,29)20-13-7-6-8-14-20/h6-16,26H,4-5H2,1-3H3,(H,25,27). The molecule has 156 valence electrons. The first-order valence-corrected chi connectivity index (χ1v) is 11.4. The van der Waals surface area contributed by atoms with Gasteiger partial charge in [0.2, 0.25) is 0 Å². The van der Waals surface area contributed by atoms with Crippen molar-refractivity contribution in [2.45, 2.75) is 38.5 Å². The summed E-state index contributed by atoms with van der Waals surface area (Å²) in [7, 11) is -3.74. The summed E-state index contributed by atoms with van der Waals surface area (Å²) in [5, 5.41) is 3.04. The Hall–Kier alpha value is -3.12. The Morgan fingerprint density at radius 3 is 2.03 bits per heavy atom. The van der Waals surface area contributed by atoms with E-state index in [0.717, 1.165) is 29.7 Å². The average Bonchev–Trinajstić information content (AvgIpc) is 2.75. The second-order valence-electron chi connectivity index (χ2n) is 7.01. The average molecular weight is 423 g/mol. The molecule has 5 nitrogen and oxygen atoms in total. The Kier molecular flexibility index (Phi) is 6.57. The van der Waals surface area contributed by atoms with Crippen LogP contribution in [0.15, 0.2) is 71.6 Å². The summed E-state index contributed by atoms with van der Waals surface area (Å²) in [4.78, 5) is 13.2. The first-order chi connectivity index (χ1) is 14.4. The van der Waals surface area contributed by atoms with Gasteiger partial charge in [-0.25, -0.2) is 8.42 Å². The van der Waals surface area contributed by atoms with Crippen LogP contribution >= 0.6 is 0 Å². The van der Waals surface area contributed by atoms with Crippen LogP contribution in [0, 0.1) is 6.92 Å². The van der Waals surface area contributed by atoms with Crippen molar-refractivity contribution in [2.24, 2.45) is 0 Å². The molecular weight excluding hydrogens is 396 g/mol. The zero-order valence-electron chi connectivity index (χ0n) is 17.4. The highest BCUT2D eigenvalue weighted by atomic mass is 32.2. The lowest BCUT2D eigenvalue weighted by molar-refractivity contribution is 0.102. The largest absolute Gasteiger partial charge is 0.321 e. The Balaban J connectivity index is 1.91. The van der Waals surface area contributed by atoms with Gasteiger partial charge in [-0.1, -0.05) is 56.3 Å². The third kappa shape index (κ3) is 4.54. The number of aryl methyl sites for hydroxylation is 2. The van der Waals surface area contributed by atoms with Gasteiger partial charge in [0.05, 0.1) is 10.6 Å². The highest BCUT2D eigenvalue weighted by Crippen LogP contribution is 2.26. The molecule has 1 amide bonds. The molecule has 0 aromatic heterocycles. The maximum absolute atomic E-state index is 13.1. The number of carbonyl (C=O) groups is 1. The van der Waals surface area contributed by atoms with Crippen molar-refractivity contribution < 1.29 is 13.2 Å². The van der Waals surface area contributed by atoms with E-state index in [9.17, 15) is 13.2 Å². The van der Waals surface area contributed by atoms with Crippen LogP contribution in [-0.4, -0.2) is 14.3 Å². The van der Waals surface area contributed by atoms with E-state index in [1.165, 1.54) is 12.1 Å². The molecule has 30 heavy (non-hydrogen) atoms. The summed E-state index contributed by atoms with van der Waals surface area (Å²) in [6.45, 7) is 5.84. The van der Waals surface area contributed by atoms with Crippen LogP contribution in [-0.2, 0) is 22.9 Å². The van der Waals surface area contributed by atoms with E-state index in [1.54, 1.807) is 43.3 Å². The van der Waals surface area contributed by atoms with Gasteiger partial charge in [-0.15, -0.1) is 0 Å². The fourth-order valence-electron chi connectivity index (χ4n) is 3.38. The molecule has 3 rings (SSSR count). The Morgan fingerprint density at radius 2 is 1.43 bits per heavy atom. The summed E-state index contributed by atoms with van der Waals surface area (Å²) in [5.41, 5.74) is 4.36. The smallest absolute Gasteiger partial charge is 0.261 e. The lowest BCUT2D eigenvalue weighted by atomic mass is 10.0. The summed E-state index contributed by atoms with van der Waals surface area (Å²) < 4.78 is 28.0. The number of para-hydroxylation sites is 1. The predicted molar refractivity (Wildman–Crippen MR) is 122 cm³/mol. The molecular formula is C24H26N2O3S. The molecule has 0 atom stereocenters. The van der Waals surface area contributed by atoms with Crippen LogP contribution in [0.25, 0.3) is 0 Å². The molecule has 0 aliphatic carbocycles. The number of carbonyl (C=O) groups excluding carboxylic acids is 1. The van der Waals surface area contributed by atoms with E-state index in [-0.39, 0.29) is 10.8 Å². The maximum atomic E-state index is 13.1. The molecule has 0 unspecified atom stereocenters. The van der Waals surface area contributed by atoms with Crippen molar-refractivity contribution in [1.82, 2.24) is 0 Å². The fourth-order valence-corrected chi connectivity index (χ4v) is 4.52. The number of anilines is 2. The fraction of sp³-hybridized carbons (Fsp3) is 0.208. The van der Waals surface area contributed by atoms with E-state index in [2.05, 4.69) is 23.9 Å². The van der Waals surface area contributed by atoms with Crippen LogP contribution in [0.5, 0.6) is 0 Å². The van der Waals surface area contributed by atoms with Crippen molar-refractivity contribution in [2.75, 3.05) is 10.0 Å². The Labute approximate surface area is 178 Å². The highest BCUT2D eigenvalue weighted by Gasteiger charge is 2.19. The molecule has 3 aromatic carbocycles. The minimum Gasteiger partial charge on any atom is -0.321 e. The molecule has 2 N–H and O–H groups in total. The normalized spacial score (nSPS) is 11.2. The van der Waals surface area contributed by atoms with E-state index < -0.39 is 10.0 Å². The molecule has 0 heterocycles. The third-order valence-corrected chi connectivity index (χ3v) is 6.50. The van der Waals surface area contributed by atoms with Gasteiger partial charge in [-0.2, -0.15) is 0 Å². The highest BCUT2D eigenvalue weighted by molar-refractivity contribution is 7.92. The van der Waals surface area contributed by atoms with Crippen LogP contribution in [0.1, 0.15) is 40.9 Å². The van der Waals surface area contributed by atoms with Crippen molar-refractivity contribution in [3.63, 3.8) is 0 Å². The summed E-state index contributed by atoms with van der Waals surface area (Å²) in [6, 6.07) is 19.2. The molecule has 0 bridgehead atoms. The monoisotopic (exact) mass is 422 g/mol. The number of hydrogen-bond donors (Lipinski definition) is 2. The van der Waals surface area contributed by atoms with Crippen molar-refractivity contribution in [3.05, 3.63) is 89.0 Å². The number of rotatable bonds is 7. The maximum Gasteiger partial charge on any atom is 0.261 e. The lowest BCUT2D eigenvalue weighted by Crippen LogP contribution is -2.18. The zero-order valence-corrected chi connectivity index (χ0v) is 18.2. The van der Waals surface area contributed by atoms with Crippen molar-refractivity contribution in [1.29, 1.82) is 0 Å². The van der Waals surface area contributed by atoms with E-state index >= 15 is 0 Å². The van der Waals surface area contributed by atoms with Gasteiger partial charge >= 0.3 is 0 Å². The van der Waals surface area contributed by atoms with Crippen LogP contribution in [0.3, 0.4) is 0 Å². The van der Waals surface area contributed by atoms with Gasteiger partial charge in [0.25, 0.3) is 15.9 Å². The Morgan fingerprint density at radius 1 is 0.833 bits per heavy atom. The van der Waals surface area contributed by atoms with Gasteiger partial charge in [0.15, 0.2) is 0 Å². The summed E-state index contributed by atoms with van der Waals surface area (Å²) >= 11 is 0. The molecule has 0 fully saturated rings. The summed E-state index contributed by atoms with van der Waals surface area (Å²) in [5.74, 6) is -0.260. The summed E-state index contributed by atoms with van der Waals surface area (Å²) in [6.07, 6.45) is 1.61. The minimum absolute atomic E-state index is 0.170. The predicted octanol–water partition coefficient (Wildman–Crippen LogP) is 5.17. The zero-order chi connectivity index (χ0) is 21.7. The number of amides is 1. The molecule has 0 spiro atoms. The second-order valence-corrected chi connectivity index (χ2v) is 8.69. The van der Waals surface area contributed by atoms with Crippen LogP contribution in [0.4, 0.5) is 11.4 Å². The van der Waals surface area contributed by atoms with E-state index in [4.69, 9.17) is 0 Å².